The fraction of sp³-hybridized carbons (Fsp3) is 0.350. The molecule has 0 fully saturated rings. The van der Waals surface area contributed by atoms with Crippen molar-refractivity contribution < 1.29 is 4.74 Å². The zero-order valence-electron chi connectivity index (χ0n) is 14.8. The van der Waals surface area contributed by atoms with Crippen molar-refractivity contribution in [3.8, 4) is 5.75 Å². The molecule has 2 rings (SSSR count). The van der Waals surface area contributed by atoms with Crippen LogP contribution >= 0.6 is 23.4 Å². The van der Waals surface area contributed by atoms with Gasteiger partial charge in [0.05, 0.1) is 0 Å². The number of benzene rings is 2. The fourth-order valence-corrected chi connectivity index (χ4v) is 3.34. The van der Waals surface area contributed by atoms with Crippen LogP contribution in [-0.2, 0) is 13.0 Å². The largest absolute Gasteiger partial charge is 0.489 e. The second-order valence-electron chi connectivity index (χ2n) is 5.47. The third-order valence-electron chi connectivity index (χ3n) is 3.50. The Morgan fingerprint density at radius 2 is 1.72 bits per heavy atom. The Kier molecular flexibility index (Phi) is 8.70. The Morgan fingerprint density at radius 1 is 1.04 bits per heavy atom. The first kappa shape index (κ1) is 19.7. The molecular formula is C20H25ClN2OS. The van der Waals surface area contributed by atoms with Crippen molar-refractivity contribution in [1.82, 2.24) is 5.32 Å². The summed E-state index contributed by atoms with van der Waals surface area (Å²) in [6.07, 6.45) is 1.01. The molecule has 0 aliphatic rings. The Labute approximate surface area is 159 Å². The molecule has 0 aliphatic heterocycles. The summed E-state index contributed by atoms with van der Waals surface area (Å²) in [6, 6.07) is 16.0. The van der Waals surface area contributed by atoms with E-state index in [9.17, 15) is 0 Å². The molecule has 0 radical (unpaired) electrons. The molecule has 25 heavy (non-hydrogen) atoms. The molecule has 0 bridgehead atoms. The Bertz CT molecular complexity index is 656. The summed E-state index contributed by atoms with van der Waals surface area (Å²) in [7, 11) is 0. The highest BCUT2D eigenvalue weighted by atomic mass is 35.5. The number of thioether (sulfide) groups is 1. The first-order valence-corrected chi connectivity index (χ1v) is 9.95. The van der Waals surface area contributed by atoms with Crippen molar-refractivity contribution in [1.29, 1.82) is 0 Å². The van der Waals surface area contributed by atoms with Crippen molar-refractivity contribution in [2.45, 2.75) is 26.9 Å². The minimum absolute atomic E-state index is 0.548. The van der Waals surface area contributed by atoms with Crippen LogP contribution in [0.2, 0.25) is 5.02 Å². The normalized spacial score (nSPS) is 11.4. The molecule has 2 aromatic rings. The first-order chi connectivity index (χ1) is 12.2. The predicted octanol–water partition coefficient (Wildman–Crippen LogP) is 5.18. The molecule has 1 N–H and O–H groups in total. The van der Waals surface area contributed by atoms with E-state index in [2.05, 4.69) is 36.3 Å². The standard InChI is InChI=1S/C20H25ClN2OS/c1-3-22-20(23-4-2)25-14-13-16-7-11-19(12-8-16)24-15-17-5-9-18(21)10-6-17/h5-12H,3-4,13-15H2,1-2H3,(H,22,23). The van der Waals surface area contributed by atoms with Gasteiger partial charge < -0.3 is 10.1 Å². The highest BCUT2D eigenvalue weighted by molar-refractivity contribution is 8.13. The van der Waals surface area contributed by atoms with Gasteiger partial charge in [-0.2, -0.15) is 0 Å². The maximum absolute atomic E-state index is 5.89. The monoisotopic (exact) mass is 376 g/mol. The quantitative estimate of drug-likeness (QED) is 0.509. The molecule has 0 spiro atoms. The molecule has 0 atom stereocenters. The van der Waals surface area contributed by atoms with Crippen LogP contribution in [0.3, 0.4) is 0 Å². The smallest absolute Gasteiger partial charge is 0.156 e. The molecule has 0 aromatic heterocycles. The number of nitrogens with one attached hydrogen (secondary N) is 1. The van der Waals surface area contributed by atoms with Gasteiger partial charge in [-0.15, -0.1) is 0 Å². The van der Waals surface area contributed by atoms with E-state index in [-0.39, 0.29) is 0 Å². The minimum Gasteiger partial charge on any atom is -0.489 e. The van der Waals surface area contributed by atoms with Crippen LogP contribution in [0.4, 0.5) is 0 Å². The van der Waals surface area contributed by atoms with Crippen molar-refractivity contribution in [3.05, 3.63) is 64.7 Å². The van der Waals surface area contributed by atoms with Gasteiger partial charge in [-0.3, -0.25) is 4.99 Å². The van der Waals surface area contributed by atoms with Crippen LogP contribution in [0.25, 0.3) is 0 Å². The van der Waals surface area contributed by atoms with E-state index in [1.807, 2.05) is 36.4 Å². The number of halogens is 1. The van der Waals surface area contributed by atoms with E-state index in [1.54, 1.807) is 11.8 Å². The lowest BCUT2D eigenvalue weighted by atomic mass is 10.2. The molecule has 0 aliphatic carbocycles. The van der Waals surface area contributed by atoms with E-state index in [1.165, 1.54) is 5.56 Å². The molecule has 0 saturated heterocycles. The van der Waals surface area contributed by atoms with Gasteiger partial charge in [0.2, 0.25) is 0 Å². The molecule has 0 saturated carbocycles. The predicted molar refractivity (Wildman–Crippen MR) is 110 cm³/mol. The van der Waals surface area contributed by atoms with Gasteiger partial charge in [0.25, 0.3) is 0 Å². The molecule has 0 unspecified atom stereocenters. The number of nitrogens with zero attached hydrogens (tertiary/aromatic N) is 1. The maximum atomic E-state index is 5.89. The molecular weight excluding hydrogens is 352 g/mol. The fourth-order valence-electron chi connectivity index (χ4n) is 2.21. The number of hydrogen-bond donors (Lipinski definition) is 1. The van der Waals surface area contributed by atoms with E-state index in [4.69, 9.17) is 16.3 Å². The summed E-state index contributed by atoms with van der Waals surface area (Å²) < 4.78 is 5.82. The average molecular weight is 377 g/mol. The molecule has 134 valence electrons. The molecule has 0 amide bonds. The van der Waals surface area contributed by atoms with Crippen molar-refractivity contribution in [2.24, 2.45) is 4.99 Å². The number of hydrogen-bond acceptors (Lipinski definition) is 3. The Hall–Kier alpha value is -1.65. The molecule has 5 heteroatoms. The summed E-state index contributed by atoms with van der Waals surface area (Å²) in [5.74, 6) is 1.89. The first-order valence-electron chi connectivity index (χ1n) is 8.58. The Morgan fingerprint density at radius 3 is 2.36 bits per heavy atom. The number of rotatable bonds is 8. The third-order valence-corrected chi connectivity index (χ3v) is 4.71. The van der Waals surface area contributed by atoms with Crippen molar-refractivity contribution in [2.75, 3.05) is 18.8 Å². The van der Waals surface area contributed by atoms with E-state index < -0.39 is 0 Å². The summed E-state index contributed by atoms with van der Waals surface area (Å²) in [6.45, 7) is 6.42. The molecule has 0 heterocycles. The zero-order chi connectivity index (χ0) is 17.9. The minimum atomic E-state index is 0.548. The lowest BCUT2D eigenvalue weighted by Crippen LogP contribution is -2.20. The van der Waals surface area contributed by atoms with Crippen molar-refractivity contribution in [3.63, 3.8) is 0 Å². The van der Waals surface area contributed by atoms with Gasteiger partial charge in [-0.05, 0) is 55.7 Å². The molecule has 2 aromatic carbocycles. The van der Waals surface area contributed by atoms with Gasteiger partial charge in [0, 0.05) is 23.9 Å². The number of amidine groups is 1. The maximum Gasteiger partial charge on any atom is 0.156 e. The number of aryl methyl sites for hydroxylation is 1. The van der Waals surface area contributed by atoms with Gasteiger partial charge in [0.1, 0.15) is 12.4 Å². The van der Waals surface area contributed by atoms with Crippen LogP contribution in [0.1, 0.15) is 25.0 Å². The topological polar surface area (TPSA) is 33.6 Å². The lowest BCUT2D eigenvalue weighted by Gasteiger charge is -2.09. The Balaban J connectivity index is 1.77. The average Bonchev–Trinajstić information content (AvgIpc) is 2.63. The summed E-state index contributed by atoms with van der Waals surface area (Å²) in [5.41, 5.74) is 2.41. The highest BCUT2D eigenvalue weighted by Crippen LogP contribution is 2.17. The number of ether oxygens (including phenoxy) is 1. The van der Waals surface area contributed by atoms with Crippen LogP contribution in [0.15, 0.2) is 53.5 Å². The summed E-state index contributed by atoms with van der Waals surface area (Å²) in [5, 5.41) is 5.08. The van der Waals surface area contributed by atoms with Crippen LogP contribution < -0.4 is 10.1 Å². The number of aliphatic imine (C=N–C) groups is 1. The highest BCUT2D eigenvalue weighted by Gasteiger charge is 2.01. The van der Waals surface area contributed by atoms with Gasteiger partial charge >= 0.3 is 0 Å². The van der Waals surface area contributed by atoms with Crippen LogP contribution in [0, 0.1) is 0 Å². The van der Waals surface area contributed by atoms with E-state index in [0.717, 1.165) is 46.8 Å². The van der Waals surface area contributed by atoms with Gasteiger partial charge in [-0.25, -0.2) is 0 Å². The summed E-state index contributed by atoms with van der Waals surface area (Å²) in [4.78, 5) is 4.46. The second-order valence-corrected chi connectivity index (χ2v) is 6.99. The van der Waals surface area contributed by atoms with E-state index in [0.29, 0.717) is 6.61 Å². The summed E-state index contributed by atoms with van der Waals surface area (Å²) >= 11 is 7.66. The zero-order valence-corrected chi connectivity index (χ0v) is 16.4. The SMILES string of the molecule is CCN=C(NCC)SCCc1ccc(OCc2ccc(Cl)cc2)cc1. The van der Waals surface area contributed by atoms with E-state index >= 15 is 0 Å². The second kappa shape index (κ2) is 11.1. The van der Waals surface area contributed by atoms with Crippen LogP contribution in [-0.4, -0.2) is 24.0 Å². The lowest BCUT2D eigenvalue weighted by molar-refractivity contribution is 0.306. The van der Waals surface area contributed by atoms with Crippen molar-refractivity contribution >= 4 is 28.5 Å². The molecule has 3 nitrogen and oxygen atoms in total. The van der Waals surface area contributed by atoms with Crippen LogP contribution in [0.5, 0.6) is 5.75 Å². The van der Waals surface area contributed by atoms with Gasteiger partial charge in [-0.1, -0.05) is 47.6 Å². The van der Waals surface area contributed by atoms with Gasteiger partial charge in [0.15, 0.2) is 5.17 Å². The third kappa shape index (κ3) is 7.41.